The molecule has 1 amide bonds. The van der Waals surface area contributed by atoms with Crippen LogP contribution in [0.25, 0.3) is 0 Å². The summed E-state index contributed by atoms with van der Waals surface area (Å²) in [5, 5.41) is 5.12. The van der Waals surface area contributed by atoms with Gasteiger partial charge in [-0.1, -0.05) is 19.1 Å². The number of hydrogen-bond donors (Lipinski definition) is 2. The van der Waals surface area contributed by atoms with Crippen LogP contribution in [0.2, 0.25) is 0 Å². The predicted octanol–water partition coefficient (Wildman–Crippen LogP) is 3.63. The van der Waals surface area contributed by atoms with Crippen LogP contribution in [0.5, 0.6) is 0 Å². The molecule has 0 spiro atoms. The van der Waals surface area contributed by atoms with E-state index in [9.17, 15) is 13.2 Å². The highest BCUT2D eigenvalue weighted by Crippen LogP contribution is 2.29. The number of sulfonamides is 1. The molecule has 1 atom stereocenters. The summed E-state index contributed by atoms with van der Waals surface area (Å²) >= 11 is 1.71. The molecule has 1 aromatic heterocycles. The zero-order valence-corrected chi connectivity index (χ0v) is 18.8. The molecule has 0 radical (unpaired) electrons. The summed E-state index contributed by atoms with van der Waals surface area (Å²) in [5.41, 5.74) is 1.64. The van der Waals surface area contributed by atoms with Gasteiger partial charge in [0, 0.05) is 17.0 Å². The molecular formula is C21H29N3O3S2. The van der Waals surface area contributed by atoms with Crippen LogP contribution in [0.1, 0.15) is 46.6 Å². The first-order valence-corrected chi connectivity index (χ1v) is 12.6. The molecule has 1 saturated heterocycles. The van der Waals surface area contributed by atoms with Crippen LogP contribution in [-0.4, -0.2) is 45.1 Å². The van der Waals surface area contributed by atoms with E-state index < -0.39 is 10.0 Å². The molecule has 0 aliphatic carbocycles. The van der Waals surface area contributed by atoms with Crippen LogP contribution >= 0.6 is 11.3 Å². The van der Waals surface area contributed by atoms with Gasteiger partial charge in [0.1, 0.15) is 0 Å². The summed E-state index contributed by atoms with van der Waals surface area (Å²) in [6.45, 7) is 6.69. The minimum absolute atomic E-state index is 0.158. The molecule has 0 saturated carbocycles. The summed E-state index contributed by atoms with van der Waals surface area (Å²) in [4.78, 5) is 16.5. The van der Waals surface area contributed by atoms with Gasteiger partial charge in [-0.2, -0.15) is 0 Å². The van der Waals surface area contributed by atoms with Crippen molar-refractivity contribution >= 4 is 33.0 Å². The molecule has 2 aromatic rings. The van der Waals surface area contributed by atoms with Gasteiger partial charge in [-0.3, -0.25) is 14.4 Å². The van der Waals surface area contributed by atoms with Crippen LogP contribution in [0.3, 0.4) is 0 Å². The standard InChI is InChI=1S/C21H29N3O3S2/c1-15-8-10-24(11-9-15)19(20-5-4-12-28-20)14-22-21(25)17-7-6-16(2)18(13-17)23-29(3,26)27/h4-7,12-13,15,19,23H,8-11,14H2,1-3H3,(H,22,25)/t19-/m0/s1. The van der Waals surface area contributed by atoms with Gasteiger partial charge in [0.15, 0.2) is 0 Å². The smallest absolute Gasteiger partial charge is 0.251 e. The molecule has 158 valence electrons. The molecule has 1 aromatic carbocycles. The third-order valence-corrected chi connectivity index (χ3v) is 6.95. The number of carbonyl (C=O) groups excluding carboxylic acids is 1. The van der Waals surface area contributed by atoms with Crippen LogP contribution < -0.4 is 10.0 Å². The molecule has 0 bridgehead atoms. The largest absolute Gasteiger partial charge is 0.350 e. The first kappa shape index (κ1) is 21.8. The zero-order chi connectivity index (χ0) is 21.0. The van der Waals surface area contributed by atoms with E-state index in [1.54, 1.807) is 36.5 Å². The van der Waals surface area contributed by atoms with Crippen molar-refractivity contribution in [1.82, 2.24) is 10.2 Å². The van der Waals surface area contributed by atoms with E-state index in [2.05, 4.69) is 33.3 Å². The first-order valence-electron chi connectivity index (χ1n) is 9.87. The van der Waals surface area contributed by atoms with E-state index in [1.807, 2.05) is 6.07 Å². The SMILES string of the molecule is Cc1ccc(C(=O)NC[C@@H](c2cccs2)N2CCC(C)CC2)cc1NS(C)(=O)=O. The Morgan fingerprint density at radius 3 is 2.62 bits per heavy atom. The van der Waals surface area contributed by atoms with Crippen LogP contribution in [0.4, 0.5) is 5.69 Å². The van der Waals surface area contributed by atoms with Crippen molar-refractivity contribution in [2.24, 2.45) is 5.92 Å². The number of hydrogen-bond acceptors (Lipinski definition) is 5. The van der Waals surface area contributed by atoms with Crippen molar-refractivity contribution in [3.63, 3.8) is 0 Å². The number of carbonyl (C=O) groups is 1. The number of nitrogens with zero attached hydrogens (tertiary/aromatic N) is 1. The summed E-state index contributed by atoms with van der Waals surface area (Å²) in [6.07, 6.45) is 3.45. The van der Waals surface area contributed by atoms with E-state index >= 15 is 0 Å². The number of thiophene rings is 1. The van der Waals surface area contributed by atoms with Crippen molar-refractivity contribution in [3.05, 3.63) is 51.7 Å². The second-order valence-corrected chi connectivity index (χ2v) is 10.6. The lowest BCUT2D eigenvalue weighted by molar-refractivity contribution is 0.0915. The number of anilines is 1. The third kappa shape index (κ3) is 6.04. The van der Waals surface area contributed by atoms with E-state index in [0.29, 0.717) is 17.8 Å². The number of rotatable bonds is 7. The molecule has 6 nitrogen and oxygen atoms in total. The van der Waals surface area contributed by atoms with Crippen molar-refractivity contribution in [1.29, 1.82) is 0 Å². The number of benzene rings is 1. The van der Waals surface area contributed by atoms with E-state index in [4.69, 9.17) is 0 Å². The van der Waals surface area contributed by atoms with Gasteiger partial charge in [0.05, 0.1) is 18.0 Å². The number of amides is 1. The Kier molecular flexibility index (Phi) is 6.97. The maximum Gasteiger partial charge on any atom is 0.251 e. The Hall–Kier alpha value is -1.90. The Balaban J connectivity index is 1.71. The number of nitrogens with one attached hydrogen (secondary N) is 2. The minimum atomic E-state index is -3.40. The monoisotopic (exact) mass is 435 g/mol. The van der Waals surface area contributed by atoms with Gasteiger partial charge in [-0.05, 0) is 67.9 Å². The van der Waals surface area contributed by atoms with Gasteiger partial charge < -0.3 is 5.32 Å². The highest BCUT2D eigenvalue weighted by atomic mass is 32.2. The molecule has 1 fully saturated rings. The second kappa shape index (κ2) is 9.28. The molecule has 29 heavy (non-hydrogen) atoms. The van der Waals surface area contributed by atoms with Crippen LogP contribution in [-0.2, 0) is 10.0 Å². The second-order valence-electron chi connectivity index (χ2n) is 7.86. The third-order valence-electron chi connectivity index (χ3n) is 5.38. The Morgan fingerprint density at radius 2 is 2.00 bits per heavy atom. The molecule has 1 aliphatic heterocycles. The lowest BCUT2D eigenvalue weighted by Gasteiger charge is -2.36. The molecule has 1 aliphatic rings. The van der Waals surface area contributed by atoms with Gasteiger partial charge in [0.25, 0.3) is 5.91 Å². The lowest BCUT2D eigenvalue weighted by atomic mass is 9.97. The Bertz CT molecular complexity index is 934. The molecule has 8 heteroatoms. The molecule has 3 rings (SSSR count). The number of piperidine rings is 1. The van der Waals surface area contributed by atoms with Crippen LogP contribution in [0.15, 0.2) is 35.7 Å². The number of likely N-dealkylation sites (tertiary alicyclic amines) is 1. The molecule has 2 N–H and O–H groups in total. The van der Waals surface area contributed by atoms with Gasteiger partial charge in [-0.15, -0.1) is 11.3 Å². The maximum absolute atomic E-state index is 12.8. The molecule has 0 unspecified atom stereocenters. The maximum atomic E-state index is 12.8. The summed E-state index contributed by atoms with van der Waals surface area (Å²) in [5.74, 6) is 0.548. The predicted molar refractivity (Wildman–Crippen MR) is 119 cm³/mol. The highest BCUT2D eigenvalue weighted by molar-refractivity contribution is 7.92. The number of aryl methyl sites for hydroxylation is 1. The quantitative estimate of drug-likeness (QED) is 0.696. The topological polar surface area (TPSA) is 78.5 Å². The summed E-state index contributed by atoms with van der Waals surface area (Å²) in [6, 6.07) is 9.40. The van der Waals surface area contributed by atoms with Gasteiger partial charge >= 0.3 is 0 Å². The fraction of sp³-hybridized carbons (Fsp3) is 0.476. The van der Waals surface area contributed by atoms with E-state index in [0.717, 1.165) is 30.8 Å². The average molecular weight is 436 g/mol. The minimum Gasteiger partial charge on any atom is -0.350 e. The summed E-state index contributed by atoms with van der Waals surface area (Å²) in [7, 11) is -3.40. The van der Waals surface area contributed by atoms with Crippen LogP contribution in [0, 0.1) is 12.8 Å². The normalized spacial score (nSPS) is 17.1. The van der Waals surface area contributed by atoms with Gasteiger partial charge in [0.2, 0.25) is 10.0 Å². The van der Waals surface area contributed by atoms with Crippen molar-refractivity contribution < 1.29 is 13.2 Å². The van der Waals surface area contributed by atoms with Crippen molar-refractivity contribution in [2.45, 2.75) is 32.7 Å². The van der Waals surface area contributed by atoms with Crippen molar-refractivity contribution in [3.8, 4) is 0 Å². The summed E-state index contributed by atoms with van der Waals surface area (Å²) < 4.78 is 25.6. The zero-order valence-electron chi connectivity index (χ0n) is 17.1. The average Bonchev–Trinajstić information content (AvgIpc) is 3.18. The fourth-order valence-corrected chi connectivity index (χ4v) is 5.08. The molecular weight excluding hydrogens is 406 g/mol. The van der Waals surface area contributed by atoms with Gasteiger partial charge in [-0.25, -0.2) is 8.42 Å². The van der Waals surface area contributed by atoms with Crippen molar-refractivity contribution in [2.75, 3.05) is 30.6 Å². The van der Waals surface area contributed by atoms with E-state index in [-0.39, 0.29) is 11.9 Å². The molecule has 2 heterocycles. The fourth-order valence-electron chi connectivity index (χ4n) is 3.60. The first-order chi connectivity index (χ1) is 13.7. The lowest BCUT2D eigenvalue weighted by Crippen LogP contribution is -2.41. The Morgan fingerprint density at radius 1 is 1.28 bits per heavy atom. The van der Waals surface area contributed by atoms with E-state index in [1.165, 1.54) is 17.7 Å². The highest BCUT2D eigenvalue weighted by Gasteiger charge is 2.26. The Labute approximate surface area is 177 Å².